The van der Waals surface area contributed by atoms with Crippen LogP contribution in [0.25, 0.3) is 0 Å². The molecule has 2 fully saturated rings. The Kier molecular flexibility index (Phi) is 2.07. The second kappa shape index (κ2) is 3.32. The summed E-state index contributed by atoms with van der Waals surface area (Å²) in [5.41, 5.74) is 2.28. The van der Waals surface area contributed by atoms with Crippen LogP contribution >= 0.6 is 0 Å². The van der Waals surface area contributed by atoms with E-state index in [0.29, 0.717) is 12.1 Å². The normalized spacial score (nSPS) is 30.3. The van der Waals surface area contributed by atoms with Gasteiger partial charge in [-0.15, -0.1) is 0 Å². The summed E-state index contributed by atoms with van der Waals surface area (Å²) in [6.07, 6.45) is 1.67. The fourth-order valence-corrected chi connectivity index (χ4v) is 2.60. The smallest absolute Gasteiger partial charge is 0.138 e. The standard InChI is InChI=1S/C11H16N2O2/c1-7-11(8(2)15-12-7)5-13-4-10-3-9(13)6-14-10/h9-10H,3-6H2,1-2H3. The van der Waals surface area contributed by atoms with Gasteiger partial charge in [-0.05, 0) is 20.3 Å². The lowest BCUT2D eigenvalue weighted by Gasteiger charge is -2.26. The van der Waals surface area contributed by atoms with Gasteiger partial charge in [0.2, 0.25) is 0 Å². The third-order valence-electron chi connectivity index (χ3n) is 3.56. The number of ether oxygens (including phenoxy) is 1. The molecule has 2 unspecified atom stereocenters. The van der Waals surface area contributed by atoms with Crippen LogP contribution in [0.5, 0.6) is 0 Å². The Bertz CT molecular complexity index is 355. The van der Waals surface area contributed by atoms with Gasteiger partial charge in [0.25, 0.3) is 0 Å². The fourth-order valence-electron chi connectivity index (χ4n) is 2.60. The molecule has 3 rings (SSSR count). The Labute approximate surface area is 89.2 Å². The van der Waals surface area contributed by atoms with E-state index >= 15 is 0 Å². The summed E-state index contributed by atoms with van der Waals surface area (Å²) in [7, 11) is 0. The molecular formula is C11H16N2O2. The van der Waals surface area contributed by atoms with Crippen molar-refractivity contribution in [1.82, 2.24) is 10.1 Å². The average Bonchev–Trinajstić information content (AvgIpc) is 2.89. The van der Waals surface area contributed by atoms with E-state index in [4.69, 9.17) is 9.26 Å². The van der Waals surface area contributed by atoms with Gasteiger partial charge in [-0.25, -0.2) is 0 Å². The molecule has 0 aliphatic carbocycles. The number of hydrogen-bond donors (Lipinski definition) is 0. The van der Waals surface area contributed by atoms with E-state index in [2.05, 4.69) is 10.1 Å². The first-order valence-corrected chi connectivity index (χ1v) is 5.51. The maximum Gasteiger partial charge on any atom is 0.138 e. The molecule has 15 heavy (non-hydrogen) atoms. The second-order valence-electron chi connectivity index (χ2n) is 4.58. The molecule has 1 aromatic heterocycles. The van der Waals surface area contributed by atoms with Crippen LogP contribution in [0.3, 0.4) is 0 Å². The van der Waals surface area contributed by atoms with E-state index in [1.54, 1.807) is 0 Å². The highest BCUT2D eigenvalue weighted by Crippen LogP contribution is 2.30. The van der Waals surface area contributed by atoms with Gasteiger partial charge in [0.1, 0.15) is 5.76 Å². The van der Waals surface area contributed by atoms with Crippen molar-refractivity contribution in [2.75, 3.05) is 13.2 Å². The van der Waals surface area contributed by atoms with Crippen molar-refractivity contribution in [1.29, 1.82) is 0 Å². The number of aromatic nitrogens is 1. The number of aryl methyl sites for hydroxylation is 2. The number of likely N-dealkylation sites (tertiary alicyclic amines) is 1. The number of morpholine rings is 1. The minimum atomic E-state index is 0.468. The minimum absolute atomic E-state index is 0.468. The average molecular weight is 208 g/mol. The van der Waals surface area contributed by atoms with Gasteiger partial charge in [-0.3, -0.25) is 4.90 Å². The SMILES string of the molecule is Cc1noc(C)c1CN1CC2CC1CO2. The van der Waals surface area contributed by atoms with E-state index < -0.39 is 0 Å². The molecule has 0 spiro atoms. The van der Waals surface area contributed by atoms with Gasteiger partial charge in [0.15, 0.2) is 0 Å². The highest BCUT2D eigenvalue weighted by molar-refractivity contribution is 5.21. The Morgan fingerprint density at radius 2 is 2.33 bits per heavy atom. The van der Waals surface area contributed by atoms with E-state index in [0.717, 1.165) is 31.2 Å². The molecule has 4 heteroatoms. The Balaban J connectivity index is 1.76. The second-order valence-corrected chi connectivity index (χ2v) is 4.58. The molecule has 2 atom stereocenters. The van der Waals surface area contributed by atoms with Gasteiger partial charge >= 0.3 is 0 Å². The van der Waals surface area contributed by atoms with Gasteiger partial charge in [-0.2, -0.15) is 0 Å². The summed E-state index contributed by atoms with van der Waals surface area (Å²) in [4.78, 5) is 2.49. The molecule has 0 aromatic carbocycles. The molecule has 0 amide bonds. The molecule has 2 aliphatic heterocycles. The topological polar surface area (TPSA) is 38.5 Å². The van der Waals surface area contributed by atoms with E-state index in [-0.39, 0.29) is 0 Å². The Morgan fingerprint density at radius 1 is 1.47 bits per heavy atom. The van der Waals surface area contributed by atoms with Crippen LogP contribution in [-0.4, -0.2) is 35.4 Å². The van der Waals surface area contributed by atoms with Crippen LogP contribution < -0.4 is 0 Å². The predicted molar refractivity (Wildman–Crippen MR) is 54.5 cm³/mol. The molecule has 4 nitrogen and oxygen atoms in total. The molecule has 0 radical (unpaired) electrons. The molecule has 1 aromatic rings. The lowest BCUT2D eigenvalue weighted by atomic mass is 10.2. The molecule has 2 aliphatic rings. The molecule has 2 bridgehead atoms. The van der Waals surface area contributed by atoms with E-state index in [1.165, 1.54) is 12.0 Å². The summed E-state index contributed by atoms with van der Waals surface area (Å²) in [6, 6.07) is 0.615. The first-order valence-electron chi connectivity index (χ1n) is 5.51. The molecule has 2 saturated heterocycles. The van der Waals surface area contributed by atoms with Crippen molar-refractivity contribution < 1.29 is 9.26 Å². The van der Waals surface area contributed by atoms with Crippen LogP contribution in [0.2, 0.25) is 0 Å². The molecule has 3 heterocycles. The molecule has 82 valence electrons. The zero-order chi connectivity index (χ0) is 10.4. The highest BCUT2D eigenvalue weighted by Gasteiger charge is 2.39. The van der Waals surface area contributed by atoms with Gasteiger partial charge in [0.05, 0.1) is 18.4 Å². The highest BCUT2D eigenvalue weighted by atomic mass is 16.5. The fraction of sp³-hybridized carbons (Fsp3) is 0.727. The number of rotatable bonds is 2. The Morgan fingerprint density at radius 3 is 2.87 bits per heavy atom. The number of hydrogen-bond acceptors (Lipinski definition) is 4. The van der Waals surface area contributed by atoms with Crippen LogP contribution in [-0.2, 0) is 11.3 Å². The van der Waals surface area contributed by atoms with Crippen LogP contribution in [0.15, 0.2) is 4.52 Å². The lowest BCUT2D eigenvalue weighted by molar-refractivity contribution is 0.0271. The summed E-state index contributed by atoms with van der Waals surface area (Å²) >= 11 is 0. The van der Waals surface area contributed by atoms with Crippen LogP contribution in [0.1, 0.15) is 23.4 Å². The zero-order valence-corrected chi connectivity index (χ0v) is 9.19. The van der Waals surface area contributed by atoms with Crippen molar-refractivity contribution in [2.45, 2.75) is 39.0 Å². The van der Waals surface area contributed by atoms with Gasteiger partial charge in [-0.1, -0.05) is 5.16 Å². The van der Waals surface area contributed by atoms with Crippen LogP contribution in [0, 0.1) is 13.8 Å². The largest absolute Gasteiger partial charge is 0.375 e. The minimum Gasteiger partial charge on any atom is -0.375 e. The number of nitrogens with zero attached hydrogens (tertiary/aromatic N) is 2. The van der Waals surface area contributed by atoms with E-state index in [9.17, 15) is 0 Å². The van der Waals surface area contributed by atoms with Crippen molar-refractivity contribution >= 4 is 0 Å². The zero-order valence-electron chi connectivity index (χ0n) is 9.19. The van der Waals surface area contributed by atoms with Gasteiger partial charge < -0.3 is 9.26 Å². The molecular weight excluding hydrogens is 192 g/mol. The maximum atomic E-state index is 5.58. The van der Waals surface area contributed by atoms with Crippen molar-refractivity contribution in [3.63, 3.8) is 0 Å². The van der Waals surface area contributed by atoms with Crippen molar-refractivity contribution in [2.24, 2.45) is 0 Å². The van der Waals surface area contributed by atoms with E-state index in [1.807, 2.05) is 13.8 Å². The van der Waals surface area contributed by atoms with Crippen molar-refractivity contribution in [3.05, 3.63) is 17.0 Å². The monoisotopic (exact) mass is 208 g/mol. The summed E-state index contributed by atoms with van der Waals surface area (Å²) in [6.45, 7) is 6.92. The summed E-state index contributed by atoms with van der Waals surface area (Å²) in [5, 5.41) is 3.99. The third kappa shape index (κ3) is 1.48. The third-order valence-corrected chi connectivity index (χ3v) is 3.56. The summed E-state index contributed by atoms with van der Waals surface area (Å²) in [5.74, 6) is 0.955. The van der Waals surface area contributed by atoms with Crippen LogP contribution in [0.4, 0.5) is 0 Å². The first-order chi connectivity index (χ1) is 7.24. The number of fused-ring (bicyclic) bond motifs is 2. The maximum absolute atomic E-state index is 5.58. The molecule has 0 N–H and O–H groups in total. The lowest BCUT2D eigenvalue weighted by Crippen LogP contribution is -2.36. The predicted octanol–water partition coefficient (Wildman–Crippen LogP) is 1.26. The van der Waals surface area contributed by atoms with Gasteiger partial charge in [0, 0.05) is 24.7 Å². The Hall–Kier alpha value is -0.870. The first kappa shape index (κ1) is 9.36. The van der Waals surface area contributed by atoms with Crippen molar-refractivity contribution in [3.8, 4) is 0 Å². The summed E-state index contributed by atoms with van der Waals surface area (Å²) < 4.78 is 10.8. The quantitative estimate of drug-likeness (QED) is 0.733. The molecule has 0 saturated carbocycles.